The number of carbonyl (C=O) groups is 3. The number of nitrogens with two attached hydrogens (primary N) is 1. The molecule has 0 aliphatic heterocycles. The number of halogens is 3. The lowest BCUT2D eigenvalue weighted by Crippen LogP contribution is -2.48. The van der Waals surface area contributed by atoms with Crippen LogP contribution in [0.1, 0.15) is 46.1 Å². The second-order valence-corrected chi connectivity index (χ2v) is 9.98. The molecule has 2 aromatic carbocycles. The highest BCUT2D eigenvalue weighted by Crippen LogP contribution is 2.28. The molecule has 0 bridgehead atoms. The lowest BCUT2D eigenvalue weighted by atomic mass is 9.90. The first kappa shape index (κ1) is 35.9. The van der Waals surface area contributed by atoms with Gasteiger partial charge in [0.1, 0.15) is 11.8 Å². The number of nitriles is 1. The molecule has 0 aromatic heterocycles. The van der Waals surface area contributed by atoms with E-state index in [0.29, 0.717) is 34.7 Å². The second kappa shape index (κ2) is 15.9. The summed E-state index contributed by atoms with van der Waals surface area (Å²) in [7, 11) is 0. The van der Waals surface area contributed by atoms with Gasteiger partial charge in [-0.15, -0.1) is 0 Å². The van der Waals surface area contributed by atoms with E-state index in [1.807, 2.05) is 36.4 Å². The van der Waals surface area contributed by atoms with E-state index in [0.717, 1.165) is 16.7 Å². The predicted octanol–water partition coefficient (Wildman–Crippen LogP) is 5.82. The number of rotatable bonds is 8. The van der Waals surface area contributed by atoms with Gasteiger partial charge in [0.2, 0.25) is 5.91 Å². The van der Waals surface area contributed by atoms with Gasteiger partial charge in [-0.1, -0.05) is 41.6 Å². The van der Waals surface area contributed by atoms with Crippen LogP contribution in [0, 0.1) is 11.3 Å². The molecule has 2 aromatic rings. The summed E-state index contributed by atoms with van der Waals surface area (Å²) in [6.45, 7) is 7.33. The van der Waals surface area contributed by atoms with Crippen LogP contribution in [-0.2, 0) is 14.3 Å². The van der Waals surface area contributed by atoms with E-state index in [-0.39, 0.29) is 25.0 Å². The number of hydrogen-bond acceptors (Lipinski definition) is 8. The summed E-state index contributed by atoms with van der Waals surface area (Å²) in [6, 6.07) is 15.8. The maximum atomic E-state index is 13.6. The lowest BCUT2D eigenvalue weighted by molar-refractivity contribution is -0.192. The van der Waals surface area contributed by atoms with Gasteiger partial charge in [0.05, 0.1) is 23.4 Å². The Morgan fingerprint density at radius 1 is 1.16 bits per heavy atom. The first-order chi connectivity index (χ1) is 21.1. The molecule has 0 heterocycles. The maximum absolute atomic E-state index is 13.6. The Labute approximate surface area is 258 Å². The van der Waals surface area contributed by atoms with E-state index in [2.05, 4.69) is 16.5 Å². The molecule has 14 heteroatoms. The fourth-order valence-electron chi connectivity index (χ4n) is 4.29. The normalized spacial score (nSPS) is 14.5. The predicted molar refractivity (Wildman–Crippen MR) is 160 cm³/mol. The molecule has 0 radical (unpaired) electrons. The fourth-order valence-corrected chi connectivity index (χ4v) is 4.29. The highest BCUT2D eigenvalue weighted by Gasteiger charge is 2.38. The molecule has 0 unspecified atom stereocenters. The molecule has 5 N–H and O–H groups in total. The fraction of sp³-hybridized carbons (Fsp3) is 0.323. The van der Waals surface area contributed by atoms with E-state index >= 15 is 0 Å². The van der Waals surface area contributed by atoms with Gasteiger partial charge >= 0.3 is 18.2 Å². The smallest absolute Gasteiger partial charge is 0.475 e. The molecule has 2 amide bonds. The summed E-state index contributed by atoms with van der Waals surface area (Å²) < 4.78 is 37.2. The molecule has 11 nitrogen and oxygen atoms in total. The minimum Gasteiger partial charge on any atom is -0.475 e. The van der Waals surface area contributed by atoms with Crippen LogP contribution in [-0.4, -0.2) is 63.8 Å². The van der Waals surface area contributed by atoms with Gasteiger partial charge in [-0.2, -0.15) is 18.4 Å². The SMILES string of the molecule is CCN(C(=O)OC(C)C)[C@@H](CC1=CCC(=NO)C(N)=C1C)C(=O)Nc1ccc(-c2ccccc2C#N)cc1.O=C(O)C(F)(F)F. The van der Waals surface area contributed by atoms with E-state index in [1.165, 1.54) is 4.90 Å². The van der Waals surface area contributed by atoms with Crippen molar-refractivity contribution in [2.24, 2.45) is 10.9 Å². The maximum Gasteiger partial charge on any atom is 0.490 e. The molecular formula is C31H34F3N5O6. The van der Waals surface area contributed by atoms with Crippen LogP contribution in [0.25, 0.3) is 11.1 Å². The number of ether oxygens (including phenoxy) is 1. The lowest BCUT2D eigenvalue weighted by Gasteiger charge is -2.31. The molecule has 0 fully saturated rings. The van der Waals surface area contributed by atoms with Crippen LogP contribution in [0.2, 0.25) is 0 Å². The third-order valence-electron chi connectivity index (χ3n) is 6.62. The molecule has 0 saturated heterocycles. The van der Waals surface area contributed by atoms with Crippen LogP contribution in [0.3, 0.4) is 0 Å². The molecule has 1 aliphatic carbocycles. The van der Waals surface area contributed by atoms with Crippen molar-refractivity contribution in [1.29, 1.82) is 5.26 Å². The van der Waals surface area contributed by atoms with Crippen molar-refractivity contribution in [2.75, 3.05) is 11.9 Å². The molecule has 45 heavy (non-hydrogen) atoms. The third kappa shape index (κ3) is 9.85. The van der Waals surface area contributed by atoms with Crippen LogP contribution in [0.15, 0.2) is 76.6 Å². The molecular weight excluding hydrogens is 595 g/mol. The number of nitrogens with one attached hydrogen (secondary N) is 1. The van der Waals surface area contributed by atoms with Crippen molar-refractivity contribution in [3.8, 4) is 17.2 Å². The number of alkyl halides is 3. The Hall–Kier alpha value is -5.32. The zero-order valence-electron chi connectivity index (χ0n) is 25.1. The quantitative estimate of drug-likeness (QED) is 0.208. The summed E-state index contributed by atoms with van der Waals surface area (Å²) in [5.41, 5.74) is 11.1. The number of nitrogens with zero attached hydrogens (tertiary/aromatic N) is 3. The molecule has 1 aliphatic rings. The number of hydrogen-bond donors (Lipinski definition) is 4. The molecule has 0 spiro atoms. The summed E-state index contributed by atoms with van der Waals surface area (Å²) >= 11 is 0. The van der Waals surface area contributed by atoms with E-state index in [9.17, 15) is 33.2 Å². The zero-order chi connectivity index (χ0) is 33.9. The minimum absolute atomic E-state index is 0.200. The molecule has 1 atom stereocenters. The highest BCUT2D eigenvalue weighted by molar-refractivity contribution is 6.02. The van der Waals surface area contributed by atoms with Gasteiger partial charge in [0.25, 0.3) is 0 Å². The molecule has 3 rings (SSSR count). The Balaban J connectivity index is 0.000000900. The number of benzene rings is 2. The van der Waals surface area contributed by atoms with Crippen LogP contribution >= 0.6 is 0 Å². The third-order valence-corrected chi connectivity index (χ3v) is 6.62. The summed E-state index contributed by atoms with van der Waals surface area (Å²) in [6.07, 6.45) is -3.65. The Morgan fingerprint density at radius 3 is 2.27 bits per heavy atom. The van der Waals surface area contributed by atoms with Gasteiger partial charge in [0.15, 0.2) is 0 Å². The van der Waals surface area contributed by atoms with Crippen molar-refractivity contribution in [3.05, 3.63) is 77.0 Å². The van der Waals surface area contributed by atoms with Crippen molar-refractivity contribution in [3.63, 3.8) is 0 Å². The van der Waals surface area contributed by atoms with E-state index in [1.54, 1.807) is 45.9 Å². The average molecular weight is 630 g/mol. The Kier molecular flexibility index (Phi) is 12.7. The number of amides is 2. The van der Waals surface area contributed by atoms with Crippen molar-refractivity contribution in [1.82, 2.24) is 4.90 Å². The number of carbonyl (C=O) groups excluding carboxylic acids is 2. The topological polar surface area (TPSA) is 178 Å². The number of oxime groups is 1. The number of likely N-dealkylation sites (N-methyl/N-ethyl adjacent to an activating group) is 1. The van der Waals surface area contributed by atoms with Gasteiger partial charge < -0.3 is 26.1 Å². The van der Waals surface area contributed by atoms with Crippen LogP contribution < -0.4 is 11.1 Å². The monoisotopic (exact) mass is 629 g/mol. The standard InChI is InChI=1S/C29H33N5O4.C2HF3O2/c1-5-34(29(36)38-18(2)3)26(16-21-12-15-25(33-37)27(31)19(21)4)28(35)32-23-13-10-20(11-14-23)24-9-7-6-8-22(24)17-30;3-2(4,5)1(6)7/h6-14,18,26,37H,5,15-16,31H2,1-4H3,(H,32,35);(H,6,7)/t26-;/m0./s1. The van der Waals surface area contributed by atoms with Crippen LogP contribution in [0.4, 0.5) is 23.7 Å². The van der Waals surface area contributed by atoms with E-state index in [4.69, 9.17) is 20.4 Å². The van der Waals surface area contributed by atoms with E-state index < -0.39 is 24.3 Å². The summed E-state index contributed by atoms with van der Waals surface area (Å²) in [5, 5.41) is 31.9. The summed E-state index contributed by atoms with van der Waals surface area (Å²) in [4.78, 5) is 36.8. The minimum atomic E-state index is -5.08. The number of allylic oxidation sites excluding steroid dienone is 3. The first-order valence-corrected chi connectivity index (χ1v) is 13.7. The van der Waals surface area contributed by atoms with Crippen LogP contribution in [0.5, 0.6) is 0 Å². The summed E-state index contributed by atoms with van der Waals surface area (Å²) in [5.74, 6) is -3.14. The second-order valence-electron chi connectivity index (χ2n) is 9.98. The highest BCUT2D eigenvalue weighted by atomic mass is 19.4. The zero-order valence-corrected chi connectivity index (χ0v) is 25.1. The first-order valence-electron chi connectivity index (χ1n) is 13.7. The van der Waals surface area contributed by atoms with Gasteiger partial charge in [-0.3, -0.25) is 9.69 Å². The van der Waals surface area contributed by atoms with Crippen molar-refractivity contribution < 1.29 is 42.6 Å². The molecule has 240 valence electrons. The number of anilines is 1. The number of carboxylic acids is 1. The number of carboxylic acid groups (broad SMARTS) is 1. The van der Waals surface area contributed by atoms with Gasteiger partial charge in [-0.05, 0) is 68.2 Å². The Bertz CT molecular complexity index is 1530. The van der Waals surface area contributed by atoms with Gasteiger partial charge in [-0.25, -0.2) is 9.59 Å². The average Bonchev–Trinajstić information content (AvgIpc) is 2.99. The Morgan fingerprint density at radius 2 is 1.76 bits per heavy atom. The number of aliphatic carboxylic acids is 1. The molecule has 0 saturated carbocycles. The van der Waals surface area contributed by atoms with Gasteiger partial charge in [0, 0.05) is 25.1 Å². The van der Waals surface area contributed by atoms with Crippen molar-refractivity contribution in [2.45, 2.75) is 58.9 Å². The largest absolute Gasteiger partial charge is 0.490 e. The van der Waals surface area contributed by atoms with Crippen molar-refractivity contribution >= 4 is 29.4 Å².